The van der Waals surface area contributed by atoms with Crippen LogP contribution in [0.25, 0.3) is 0 Å². The number of halogens is 2. The van der Waals surface area contributed by atoms with E-state index in [0.29, 0.717) is 22.6 Å². The van der Waals surface area contributed by atoms with Gasteiger partial charge in [0.05, 0.1) is 0 Å². The zero-order valence-electron chi connectivity index (χ0n) is 12.2. The van der Waals surface area contributed by atoms with Crippen LogP contribution < -0.4 is 5.73 Å². The van der Waals surface area contributed by atoms with Crippen molar-refractivity contribution in [2.45, 2.75) is 25.4 Å². The van der Waals surface area contributed by atoms with E-state index in [1.165, 1.54) is 4.88 Å². The van der Waals surface area contributed by atoms with Crippen molar-refractivity contribution in [2.75, 3.05) is 13.6 Å². The largest absolute Gasteiger partial charge is 0.329 e. The first-order valence-electron chi connectivity index (χ1n) is 6.93. The molecule has 0 saturated carbocycles. The minimum absolute atomic E-state index is 0.0150. The molecule has 2 atom stereocenters. The summed E-state index contributed by atoms with van der Waals surface area (Å²) in [5, 5.41) is 3.45. The Hall–Kier alpha value is -0.580. The van der Waals surface area contributed by atoms with Crippen LogP contribution in [0.5, 0.6) is 0 Å². The van der Waals surface area contributed by atoms with Gasteiger partial charge in [-0.1, -0.05) is 35.3 Å². The van der Waals surface area contributed by atoms with Crippen LogP contribution in [0.3, 0.4) is 0 Å². The first kappa shape index (κ1) is 16.8. The number of thiophene rings is 1. The lowest BCUT2D eigenvalue weighted by molar-refractivity contribution is 0.188. The first-order chi connectivity index (χ1) is 10.0. The smallest absolute Gasteiger partial charge is 0.0499 e. The van der Waals surface area contributed by atoms with Gasteiger partial charge in [0.25, 0.3) is 0 Å². The molecule has 0 spiro atoms. The highest BCUT2D eigenvalue weighted by atomic mass is 35.5. The maximum absolute atomic E-state index is 6.33. The maximum Gasteiger partial charge on any atom is 0.0499 e. The van der Waals surface area contributed by atoms with E-state index < -0.39 is 0 Å². The summed E-state index contributed by atoms with van der Waals surface area (Å²) in [5.41, 5.74) is 6.92. The average molecular weight is 343 g/mol. The number of benzene rings is 1. The molecule has 1 heterocycles. The molecule has 2 N–H and O–H groups in total. The highest BCUT2D eigenvalue weighted by Gasteiger charge is 2.24. The molecule has 0 bridgehead atoms. The Morgan fingerprint density at radius 3 is 2.38 bits per heavy atom. The lowest BCUT2D eigenvalue weighted by Crippen LogP contribution is -2.38. The average Bonchev–Trinajstić information content (AvgIpc) is 2.95. The number of nitrogens with zero attached hydrogens (tertiary/aromatic N) is 1. The van der Waals surface area contributed by atoms with Crippen molar-refractivity contribution in [2.24, 2.45) is 5.73 Å². The quantitative estimate of drug-likeness (QED) is 0.829. The molecule has 1 aromatic heterocycles. The van der Waals surface area contributed by atoms with E-state index >= 15 is 0 Å². The summed E-state index contributed by atoms with van der Waals surface area (Å²) in [6.45, 7) is 2.68. The lowest BCUT2D eigenvalue weighted by Gasteiger charge is -2.33. The zero-order valence-corrected chi connectivity index (χ0v) is 14.6. The summed E-state index contributed by atoms with van der Waals surface area (Å²) in [6, 6.07) is 10.2. The number of likely N-dealkylation sites (N-methyl/N-ethyl adjacent to an activating group) is 1. The Kier molecular flexibility index (Phi) is 6.08. The first-order valence-corrected chi connectivity index (χ1v) is 8.56. The molecule has 2 unspecified atom stereocenters. The van der Waals surface area contributed by atoms with E-state index in [-0.39, 0.29) is 6.04 Å². The fourth-order valence-corrected chi connectivity index (χ4v) is 3.96. The topological polar surface area (TPSA) is 29.3 Å². The highest BCUT2D eigenvalue weighted by molar-refractivity contribution is 7.09. The van der Waals surface area contributed by atoms with Crippen LogP contribution in [0.2, 0.25) is 10.0 Å². The third-order valence-corrected chi connectivity index (χ3v) is 5.38. The zero-order chi connectivity index (χ0) is 15.4. The van der Waals surface area contributed by atoms with Crippen LogP contribution in [-0.4, -0.2) is 24.5 Å². The molecule has 0 radical (unpaired) electrons. The van der Waals surface area contributed by atoms with Crippen molar-refractivity contribution in [3.63, 3.8) is 0 Å². The Morgan fingerprint density at radius 2 is 1.86 bits per heavy atom. The van der Waals surface area contributed by atoms with Gasteiger partial charge in [0, 0.05) is 39.1 Å². The molecule has 0 amide bonds. The van der Waals surface area contributed by atoms with Crippen LogP contribution in [0.1, 0.15) is 23.4 Å². The Labute approximate surface area is 140 Å². The van der Waals surface area contributed by atoms with Gasteiger partial charge < -0.3 is 5.73 Å². The summed E-state index contributed by atoms with van der Waals surface area (Å²) in [4.78, 5) is 3.63. The van der Waals surface area contributed by atoms with Gasteiger partial charge in [-0.2, -0.15) is 0 Å². The molecule has 0 aliphatic carbocycles. The minimum atomic E-state index is 0.0150. The summed E-state index contributed by atoms with van der Waals surface area (Å²) in [7, 11) is 2.08. The van der Waals surface area contributed by atoms with E-state index in [4.69, 9.17) is 28.9 Å². The predicted octanol–water partition coefficient (Wildman–Crippen LogP) is 4.62. The van der Waals surface area contributed by atoms with Crippen LogP contribution in [0, 0.1) is 0 Å². The third-order valence-electron chi connectivity index (χ3n) is 3.82. The summed E-state index contributed by atoms with van der Waals surface area (Å²) >= 11 is 14.4. The molecule has 2 nitrogen and oxygen atoms in total. The molecular formula is C16H20Cl2N2S. The standard InChI is InChI=1S/C16H20Cl2N2S/c1-11(9-12-5-4-8-21-12)20(2)15(10-19)16-13(17)6-3-7-14(16)18/h3-8,11,15H,9-10,19H2,1-2H3. The van der Waals surface area contributed by atoms with E-state index in [9.17, 15) is 0 Å². The maximum atomic E-state index is 6.33. The molecule has 0 aliphatic rings. The van der Waals surface area contributed by atoms with Gasteiger partial charge in [0.15, 0.2) is 0 Å². The third kappa shape index (κ3) is 3.99. The Balaban J connectivity index is 2.20. The molecule has 21 heavy (non-hydrogen) atoms. The molecular weight excluding hydrogens is 323 g/mol. The van der Waals surface area contributed by atoms with Gasteiger partial charge in [-0.05, 0) is 44.0 Å². The number of hydrogen-bond acceptors (Lipinski definition) is 3. The van der Waals surface area contributed by atoms with E-state index in [0.717, 1.165) is 12.0 Å². The molecule has 0 fully saturated rings. The van der Waals surface area contributed by atoms with Crippen LogP contribution in [-0.2, 0) is 6.42 Å². The fraction of sp³-hybridized carbons (Fsp3) is 0.375. The van der Waals surface area contributed by atoms with Crippen molar-refractivity contribution < 1.29 is 0 Å². The number of hydrogen-bond donors (Lipinski definition) is 1. The SMILES string of the molecule is CC(Cc1cccs1)N(C)C(CN)c1c(Cl)cccc1Cl. The van der Waals surface area contributed by atoms with Crippen LogP contribution in [0.4, 0.5) is 0 Å². The Morgan fingerprint density at radius 1 is 1.19 bits per heavy atom. The van der Waals surface area contributed by atoms with Gasteiger partial charge >= 0.3 is 0 Å². The minimum Gasteiger partial charge on any atom is -0.329 e. The van der Waals surface area contributed by atoms with Crippen molar-refractivity contribution in [3.8, 4) is 0 Å². The summed E-state index contributed by atoms with van der Waals surface area (Å²) in [6.07, 6.45) is 0.993. The van der Waals surface area contributed by atoms with Gasteiger partial charge in [-0.25, -0.2) is 0 Å². The second kappa shape index (κ2) is 7.61. The van der Waals surface area contributed by atoms with E-state index in [2.05, 4.69) is 36.4 Å². The van der Waals surface area contributed by atoms with Gasteiger partial charge in [0.1, 0.15) is 0 Å². The molecule has 0 saturated heterocycles. The van der Waals surface area contributed by atoms with E-state index in [1.54, 1.807) is 11.3 Å². The number of rotatable bonds is 6. The molecule has 2 aromatic rings. The molecule has 1 aromatic carbocycles. The van der Waals surface area contributed by atoms with Crippen LogP contribution in [0.15, 0.2) is 35.7 Å². The predicted molar refractivity (Wildman–Crippen MR) is 93.5 cm³/mol. The van der Waals surface area contributed by atoms with Crippen molar-refractivity contribution in [1.29, 1.82) is 0 Å². The van der Waals surface area contributed by atoms with Crippen molar-refractivity contribution in [1.82, 2.24) is 4.90 Å². The second-order valence-electron chi connectivity index (χ2n) is 5.18. The van der Waals surface area contributed by atoms with Gasteiger partial charge in [-0.15, -0.1) is 11.3 Å². The summed E-state index contributed by atoms with van der Waals surface area (Å²) < 4.78 is 0. The molecule has 114 valence electrons. The fourth-order valence-electron chi connectivity index (χ4n) is 2.49. The highest BCUT2D eigenvalue weighted by Crippen LogP contribution is 2.33. The van der Waals surface area contributed by atoms with E-state index in [1.807, 2.05) is 18.2 Å². The van der Waals surface area contributed by atoms with Crippen molar-refractivity contribution >= 4 is 34.5 Å². The molecule has 5 heteroatoms. The molecule has 0 aliphatic heterocycles. The van der Waals surface area contributed by atoms with Crippen molar-refractivity contribution in [3.05, 3.63) is 56.2 Å². The normalized spacial score (nSPS) is 14.4. The van der Waals surface area contributed by atoms with Crippen LogP contribution >= 0.6 is 34.5 Å². The van der Waals surface area contributed by atoms with Gasteiger partial charge in [0.2, 0.25) is 0 Å². The number of nitrogens with two attached hydrogens (primary N) is 1. The monoisotopic (exact) mass is 342 g/mol. The summed E-state index contributed by atoms with van der Waals surface area (Å²) in [5.74, 6) is 0. The molecule has 2 rings (SSSR count). The Bertz CT molecular complexity index is 551. The van der Waals surface area contributed by atoms with Gasteiger partial charge in [-0.3, -0.25) is 4.90 Å². The second-order valence-corrected chi connectivity index (χ2v) is 7.03. The lowest BCUT2D eigenvalue weighted by atomic mass is 10.0.